The molecule has 1 aliphatic rings. The average Bonchev–Trinajstić information content (AvgIpc) is 2.35. The molecule has 0 aromatic heterocycles. The van der Waals surface area contributed by atoms with Crippen molar-refractivity contribution in [2.24, 2.45) is 16.3 Å². The molecule has 0 spiro atoms. The molecule has 0 amide bonds. The molecule has 3 N–H and O–H groups in total. The molecule has 1 rings (SSSR count). The van der Waals surface area contributed by atoms with Crippen LogP contribution in [0, 0.1) is 5.41 Å². The van der Waals surface area contributed by atoms with Crippen molar-refractivity contribution in [3.05, 3.63) is 0 Å². The smallest absolute Gasteiger partial charge is 0.152 e. The van der Waals surface area contributed by atoms with Gasteiger partial charge in [-0.2, -0.15) is 0 Å². The first-order valence-electron chi connectivity index (χ1n) is 6.68. The third-order valence-electron chi connectivity index (χ3n) is 3.76. The number of amidine groups is 1. The van der Waals surface area contributed by atoms with Crippen molar-refractivity contribution in [1.82, 2.24) is 4.90 Å². The number of nitrogens with zero attached hydrogens (tertiary/aromatic N) is 2. The standard InChI is InChI=1S/C12H25N3O3S/c1-12(2,11(13)14-16)5-3-4-6-15-7-9-19(17,18)10-8-15/h16H,3-10H2,1-2H3,(H2,13,14). The van der Waals surface area contributed by atoms with Crippen molar-refractivity contribution in [3.8, 4) is 0 Å². The summed E-state index contributed by atoms with van der Waals surface area (Å²) in [5.74, 6) is 0.821. The molecule has 0 aromatic carbocycles. The van der Waals surface area contributed by atoms with E-state index in [9.17, 15) is 8.42 Å². The highest BCUT2D eigenvalue weighted by Gasteiger charge is 2.24. The molecule has 1 saturated heterocycles. The van der Waals surface area contributed by atoms with Crippen LogP contribution in [-0.4, -0.2) is 55.5 Å². The third kappa shape index (κ3) is 5.36. The van der Waals surface area contributed by atoms with Crippen LogP contribution in [0.3, 0.4) is 0 Å². The van der Waals surface area contributed by atoms with Crippen molar-refractivity contribution < 1.29 is 13.6 Å². The van der Waals surface area contributed by atoms with Gasteiger partial charge in [0.2, 0.25) is 0 Å². The molecular formula is C12H25N3O3S. The summed E-state index contributed by atoms with van der Waals surface area (Å²) in [5, 5.41) is 11.7. The molecule has 0 saturated carbocycles. The summed E-state index contributed by atoms with van der Waals surface area (Å²) in [6.07, 6.45) is 2.84. The van der Waals surface area contributed by atoms with E-state index in [1.54, 1.807) is 0 Å². The summed E-state index contributed by atoms with van der Waals surface area (Å²) in [7, 11) is -2.79. The fourth-order valence-electron chi connectivity index (χ4n) is 2.14. The summed E-state index contributed by atoms with van der Waals surface area (Å²) in [6, 6.07) is 0. The quantitative estimate of drug-likeness (QED) is 0.246. The van der Waals surface area contributed by atoms with E-state index in [-0.39, 0.29) is 22.8 Å². The Balaban J connectivity index is 2.22. The molecule has 7 heteroatoms. The van der Waals surface area contributed by atoms with Crippen LogP contribution in [0.4, 0.5) is 0 Å². The predicted molar refractivity (Wildman–Crippen MR) is 76.1 cm³/mol. The van der Waals surface area contributed by atoms with E-state index in [1.807, 2.05) is 13.8 Å². The Bertz CT molecular complexity index is 404. The Hall–Kier alpha value is -0.820. The molecule has 1 heterocycles. The van der Waals surface area contributed by atoms with Crippen LogP contribution >= 0.6 is 0 Å². The van der Waals surface area contributed by atoms with Crippen LogP contribution in [0.5, 0.6) is 0 Å². The largest absolute Gasteiger partial charge is 0.409 e. The lowest BCUT2D eigenvalue weighted by molar-refractivity contribution is 0.279. The maximum Gasteiger partial charge on any atom is 0.152 e. The van der Waals surface area contributed by atoms with Gasteiger partial charge < -0.3 is 15.8 Å². The predicted octanol–water partition coefficient (Wildman–Crippen LogP) is 0.660. The van der Waals surface area contributed by atoms with Gasteiger partial charge in [-0.1, -0.05) is 25.4 Å². The van der Waals surface area contributed by atoms with Crippen molar-refractivity contribution in [3.63, 3.8) is 0 Å². The van der Waals surface area contributed by atoms with Crippen LogP contribution in [0.2, 0.25) is 0 Å². The number of hydrogen-bond donors (Lipinski definition) is 2. The minimum Gasteiger partial charge on any atom is -0.409 e. The Kier molecular flexibility index (Phi) is 5.61. The number of sulfone groups is 1. The molecular weight excluding hydrogens is 266 g/mol. The molecule has 1 aliphatic heterocycles. The Morgan fingerprint density at radius 1 is 1.32 bits per heavy atom. The van der Waals surface area contributed by atoms with E-state index in [0.29, 0.717) is 13.1 Å². The monoisotopic (exact) mass is 291 g/mol. The molecule has 112 valence electrons. The highest BCUT2D eigenvalue weighted by atomic mass is 32.2. The highest BCUT2D eigenvalue weighted by molar-refractivity contribution is 7.91. The van der Waals surface area contributed by atoms with E-state index in [2.05, 4.69) is 10.1 Å². The van der Waals surface area contributed by atoms with Crippen LogP contribution in [0.25, 0.3) is 0 Å². The summed E-state index contributed by atoms with van der Waals surface area (Å²) in [5.41, 5.74) is 5.34. The average molecular weight is 291 g/mol. The SMILES string of the molecule is CC(C)(CCCCN1CCS(=O)(=O)CC1)C(N)=NO. The molecule has 0 unspecified atom stereocenters. The summed E-state index contributed by atoms with van der Waals surface area (Å²) >= 11 is 0. The van der Waals surface area contributed by atoms with Gasteiger partial charge in [-0.3, -0.25) is 0 Å². The van der Waals surface area contributed by atoms with Crippen LogP contribution < -0.4 is 5.73 Å². The second-order valence-corrected chi connectivity index (χ2v) is 8.12. The number of nitrogens with two attached hydrogens (primary N) is 1. The zero-order chi connectivity index (χ0) is 14.5. The molecule has 19 heavy (non-hydrogen) atoms. The number of rotatable bonds is 6. The second-order valence-electron chi connectivity index (χ2n) is 5.82. The van der Waals surface area contributed by atoms with Gasteiger partial charge in [0.15, 0.2) is 9.84 Å². The van der Waals surface area contributed by atoms with E-state index >= 15 is 0 Å². The fraction of sp³-hybridized carbons (Fsp3) is 0.917. The van der Waals surface area contributed by atoms with Gasteiger partial charge >= 0.3 is 0 Å². The third-order valence-corrected chi connectivity index (χ3v) is 5.37. The van der Waals surface area contributed by atoms with Crippen LogP contribution in [0.15, 0.2) is 5.16 Å². The zero-order valence-electron chi connectivity index (χ0n) is 11.8. The zero-order valence-corrected chi connectivity index (χ0v) is 12.6. The maximum atomic E-state index is 11.3. The van der Waals surface area contributed by atoms with Gasteiger partial charge in [-0.05, 0) is 19.4 Å². The summed E-state index contributed by atoms with van der Waals surface area (Å²) < 4.78 is 22.6. The topological polar surface area (TPSA) is 96.0 Å². The lowest BCUT2D eigenvalue weighted by Crippen LogP contribution is -2.40. The minimum absolute atomic E-state index is 0.261. The number of oxime groups is 1. The van der Waals surface area contributed by atoms with E-state index in [4.69, 9.17) is 10.9 Å². The molecule has 0 aliphatic carbocycles. The normalized spacial score (nSPS) is 21.5. The van der Waals surface area contributed by atoms with Gasteiger partial charge in [0.05, 0.1) is 11.5 Å². The molecule has 6 nitrogen and oxygen atoms in total. The van der Waals surface area contributed by atoms with Gasteiger partial charge in [-0.25, -0.2) is 8.42 Å². The summed E-state index contributed by atoms with van der Waals surface area (Å²) in [4.78, 5) is 2.19. The van der Waals surface area contributed by atoms with Crippen molar-refractivity contribution in [2.45, 2.75) is 33.1 Å². The van der Waals surface area contributed by atoms with Gasteiger partial charge in [-0.15, -0.1) is 0 Å². The van der Waals surface area contributed by atoms with Crippen LogP contribution in [0.1, 0.15) is 33.1 Å². The van der Waals surface area contributed by atoms with Crippen molar-refractivity contribution >= 4 is 15.7 Å². The lowest BCUT2D eigenvalue weighted by atomic mass is 9.86. The van der Waals surface area contributed by atoms with Crippen LogP contribution in [-0.2, 0) is 9.84 Å². The highest BCUT2D eigenvalue weighted by Crippen LogP contribution is 2.23. The minimum atomic E-state index is -2.79. The van der Waals surface area contributed by atoms with Gasteiger partial charge in [0.25, 0.3) is 0 Å². The molecule has 0 bridgehead atoms. The fourth-order valence-corrected chi connectivity index (χ4v) is 3.42. The van der Waals surface area contributed by atoms with Gasteiger partial charge in [0.1, 0.15) is 5.84 Å². The molecule has 1 fully saturated rings. The van der Waals surface area contributed by atoms with Crippen molar-refractivity contribution in [1.29, 1.82) is 0 Å². The molecule has 0 aromatic rings. The first-order chi connectivity index (χ1) is 8.77. The Labute approximate surface area is 115 Å². The second kappa shape index (κ2) is 6.56. The van der Waals surface area contributed by atoms with Crippen molar-refractivity contribution in [2.75, 3.05) is 31.1 Å². The first kappa shape index (κ1) is 16.2. The van der Waals surface area contributed by atoms with E-state index in [1.165, 1.54) is 0 Å². The van der Waals surface area contributed by atoms with Gasteiger partial charge in [0, 0.05) is 18.5 Å². The molecule has 0 atom stereocenters. The lowest BCUT2D eigenvalue weighted by Gasteiger charge is -2.27. The number of unbranched alkanes of at least 4 members (excludes halogenated alkanes) is 1. The van der Waals surface area contributed by atoms with E-state index < -0.39 is 9.84 Å². The summed E-state index contributed by atoms with van der Waals surface area (Å²) in [6.45, 7) is 6.12. The number of hydrogen-bond acceptors (Lipinski definition) is 5. The first-order valence-corrected chi connectivity index (χ1v) is 8.50. The maximum absolute atomic E-state index is 11.3. The van der Waals surface area contributed by atoms with E-state index in [0.717, 1.165) is 25.8 Å². The molecule has 0 radical (unpaired) electrons. The Morgan fingerprint density at radius 3 is 2.42 bits per heavy atom. The Morgan fingerprint density at radius 2 is 1.89 bits per heavy atom.